The van der Waals surface area contributed by atoms with E-state index in [4.69, 9.17) is 4.74 Å². The number of nitrogens with zero attached hydrogens (tertiary/aromatic N) is 7. The number of halogens is 1. The molecule has 2 aromatic heterocycles. The minimum atomic E-state index is -0.433. The molecule has 37 heavy (non-hydrogen) atoms. The summed E-state index contributed by atoms with van der Waals surface area (Å²) in [5.41, 5.74) is 1.81. The smallest absolute Gasteiger partial charge is 0.334 e. The van der Waals surface area contributed by atoms with E-state index in [0.29, 0.717) is 35.0 Å². The molecule has 13 heteroatoms. The molecule has 4 rings (SSSR count). The summed E-state index contributed by atoms with van der Waals surface area (Å²) < 4.78 is 9.40. The summed E-state index contributed by atoms with van der Waals surface area (Å²) in [7, 11) is 8.85. The molecule has 0 spiro atoms. The molecule has 0 saturated carbocycles. The second kappa shape index (κ2) is 10.6. The van der Waals surface area contributed by atoms with Crippen molar-refractivity contribution in [1.82, 2.24) is 24.0 Å². The van der Waals surface area contributed by atoms with Crippen molar-refractivity contribution in [3.05, 3.63) is 67.7 Å². The van der Waals surface area contributed by atoms with Crippen LogP contribution in [-0.2, 0) is 7.05 Å². The molecule has 0 fully saturated rings. The van der Waals surface area contributed by atoms with Crippen molar-refractivity contribution in [3.8, 4) is 11.6 Å². The molecule has 0 amide bonds. The third-order valence-corrected chi connectivity index (χ3v) is 6.41. The number of benzene rings is 2. The Morgan fingerprint density at radius 2 is 1.89 bits per heavy atom. The van der Waals surface area contributed by atoms with Crippen LogP contribution in [-0.4, -0.2) is 70.3 Å². The van der Waals surface area contributed by atoms with Crippen LogP contribution in [0, 0.1) is 10.1 Å². The molecule has 0 saturated heterocycles. The maximum atomic E-state index is 13.0. The molecule has 194 valence electrons. The zero-order chi connectivity index (χ0) is 26.9. The fraction of sp³-hybridized carbons (Fsp3) is 0.292. The molecule has 0 aliphatic rings. The van der Waals surface area contributed by atoms with Gasteiger partial charge < -0.3 is 19.9 Å². The predicted octanol–water partition coefficient (Wildman–Crippen LogP) is 3.54. The van der Waals surface area contributed by atoms with Gasteiger partial charge in [-0.05, 0) is 32.3 Å². The summed E-state index contributed by atoms with van der Waals surface area (Å²) in [6.45, 7) is 1.31. The third-order valence-electron chi connectivity index (χ3n) is 5.92. The maximum Gasteiger partial charge on any atom is 0.334 e. The van der Waals surface area contributed by atoms with E-state index in [2.05, 4.69) is 31.2 Å². The first-order chi connectivity index (χ1) is 17.6. The van der Waals surface area contributed by atoms with Crippen LogP contribution in [0.2, 0.25) is 0 Å². The number of aryl methyl sites for hydroxylation is 1. The number of nitrogens with one attached hydrogen (secondary N) is 1. The minimum Gasteiger partial charge on any atom is -0.494 e. The highest BCUT2D eigenvalue weighted by atomic mass is 79.9. The molecule has 0 radical (unpaired) electrons. The monoisotopic (exact) mass is 570 g/mol. The third kappa shape index (κ3) is 5.27. The Morgan fingerprint density at radius 3 is 2.57 bits per heavy atom. The molecule has 0 aliphatic heterocycles. The van der Waals surface area contributed by atoms with Crippen LogP contribution < -0.4 is 20.6 Å². The largest absolute Gasteiger partial charge is 0.494 e. The summed E-state index contributed by atoms with van der Waals surface area (Å²) in [6.07, 6.45) is 1.51. The van der Waals surface area contributed by atoms with Gasteiger partial charge in [-0.2, -0.15) is 4.98 Å². The zero-order valence-electron chi connectivity index (χ0n) is 21.1. The molecule has 2 heterocycles. The summed E-state index contributed by atoms with van der Waals surface area (Å²) in [4.78, 5) is 37.1. The van der Waals surface area contributed by atoms with Gasteiger partial charge in [0.15, 0.2) is 0 Å². The highest BCUT2D eigenvalue weighted by molar-refractivity contribution is 9.10. The first-order valence-corrected chi connectivity index (χ1v) is 12.1. The Morgan fingerprint density at radius 1 is 1.14 bits per heavy atom. The molecule has 4 aromatic rings. The number of hydrogen-bond acceptors (Lipinski definition) is 9. The van der Waals surface area contributed by atoms with Crippen LogP contribution in [0.4, 0.5) is 23.0 Å². The van der Waals surface area contributed by atoms with Crippen LogP contribution in [0.1, 0.15) is 0 Å². The van der Waals surface area contributed by atoms with Gasteiger partial charge in [0.25, 0.3) is 5.69 Å². The molecule has 12 nitrogen and oxygen atoms in total. The van der Waals surface area contributed by atoms with E-state index < -0.39 is 4.92 Å². The van der Waals surface area contributed by atoms with E-state index in [1.165, 1.54) is 28.5 Å². The summed E-state index contributed by atoms with van der Waals surface area (Å²) in [5.74, 6) is 0.891. The minimum absolute atomic E-state index is 0.0865. The van der Waals surface area contributed by atoms with Gasteiger partial charge in [0.2, 0.25) is 5.95 Å². The van der Waals surface area contributed by atoms with Gasteiger partial charge in [-0.25, -0.2) is 14.3 Å². The van der Waals surface area contributed by atoms with Gasteiger partial charge in [0.05, 0.1) is 28.8 Å². The molecular formula is C24H27BrN8O4. The number of anilines is 3. The number of fused-ring (bicyclic) bond motifs is 1. The summed E-state index contributed by atoms with van der Waals surface area (Å²) >= 11 is 3.44. The number of methoxy groups -OCH3 is 1. The zero-order valence-corrected chi connectivity index (χ0v) is 22.7. The van der Waals surface area contributed by atoms with Crippen molar-refractivity contribution in [2.75, 3.05) is 51.6 Å². The van der Waals surface area contributed by atoms with Crippen molar-refractivity contribution in [3.63, 3.8) is 0 Å². The number of imidazole rings is 1. The van der Waals surface area contributed by atoms with Gasteiger partial charge in [-0.15, -0.1) is 0 Å². The topological polar surface area (TPSA) is 124 Å². The van der Waals surface area contributed by atoms with E-state index in [1.54, 1.807) is 26.2 Å². The number of rotatable bonds is 9. The molecular weight excluding hydrogens is 544 g/mol. The Bertz CT molecular complexity index is 1530. The quantitative estimate of drug-likeness (QED) is 0.237. The summed E-state index contributed by atoms with van der Waals surface area (Å²) in [6, 6.07) is 10.2. The van der Waals surface area contributed by atoms with Crippen LogP contribution in [0.5, 0.6) is 5.75 Å². The number of aromatic nitrogens is 4. The lowest BCUT2D eigenvalue weighted by Crippen LogP contribution is -2.29. The average molecular weight is 571 g/mol. The Balaban J connectivity index is 1.74. The number of hydrogen-bond donors (Lipinski definition) is 1. The first kappa shape index (κ1) is 26.1. The Kier molecular flexibility index (Phi) is 7.45. The SMILES string of the molecule is COc1cc(N(C)CCN(C)C)c([N+](=O)[O-])cc1Nc1nccc(-n2c(=O)n(C)c3cc(Br)ccc32)n1. The normalized spacial score (nSPS) is 11.2. The highest BCUT2D eigenvalue weighted by Crippen LogP contribution is 2.38. The Hall–Kier alpha value is -3.97. The lowest BCUT2D eigenvalue weighted by atomic mass is 10.2. The van der Waals surface area contributed by atoms with Gasteiger partial charge in [0, 0.05) is 56.1 Å². The molecule has 0 bridgehead atoms. The lowest BCUT2D eigenvalue weighted by molar-refractivity contribution is -0.384. The fourth-order valence-electron chi connectivity index (χ4n) is 3.93. The second-order valence-corrected chi connectivity index (χ2v) is 9.61. The molecule has 1 N–H and O–H groups in total. The van der Waals surface area contributed by atoms with Crippen molar-refractivity contribution in [1.29, 1.82) is 0 Å². The van der Waals surface area contributed by atoms with Crippen LogP contribution in [0.15, 0.2) is 51.9 Å². The highest BCUT2D eigenvalue weighted by Gasteiger charge is 2.23. The number of ether oxygens (including phenoxy) is 1. The summed E-state index contributed by atoms with van der Waals surface area (Å²) in [5, 5.41) is 14.9. The predicted molar refractivity (Wildman–Crippen MR) is 147 cm³/mol. The second-order valence-electron chi connectivity index (χ2n) is 8.70. The van der Waals surface area contributed by atoms with E-state index in [-0.39, 0.29) is 17.3 Å². The van der Waals surface area contributed by atoms with E-state index in [9.17, 15) is 14.9 Å². The van der Waals surface area contributed by atoms with Gasteiger partial charge in [-0.1, -0.05) is 15.9 Å². The average Bonchev–Trinajstić information content (AvgIpc) is 3.11. The maximum absolute atomic E-state index is 13.0. The molecule has 0 atom stereocenters. The van der Waals surface area contributed by atoms with Gasteiger partial charge >= 0.3 is 5.69 Å². The first-order valence-electron chi connectivity index (χ1n) is 11.3. The molecule has 0 unspecified atom stereocenters. The molecule has 2 aromatic carbocycles. The van der Waals surface area contributed by atoms with Crippen molar-refractivity contribution >= 4 is 50.0 Å². The standard InChI is InChI=1S/C24H27BrN8O4/c1-29(2)10-11-30(3)18-14-21(37-5)16(13-20(18)33(35)36)27-23-26-9-8-22(28-23)32-17-7-6-15(25)12-19(17)31(4)24(32)34/h6-9,12-14H,10-11H2,1-5H3,(H,26,27,28). The number of nitro groups is 1. The number of likely N-dealkylation sites (N-methyl/N-ethyl adjacent to an activating group) is 2. The fourth-order valence-corrected chi connectivity index (χ4v) is 4.28. The molecule has 0 aliphatic carbocycles. The van der Waals surface area contributed by atoms with Crippen molar-refractivity contribution in [2.45, 2.75) is 0 Å². The van der Waals surface area contributed by atoms with Crippen molar-refractivity contribution in [2.24, 2.45) is 7.05 Å². The van der Waals surface area contributed by atoms with E-state index >= 15 is 0 Å². The van der Waals surface area contributed by atoms with E-state index in [1.807, 2.05) is 42.1 Å². The lowest BCUT2D eigenvalue weighted by Gasteiger charge is -2.22. The van der Waals surface area contributed by atoms with Gasteiger partial charge in [0.1, 0.15) is 17.3 Å². The van der Waals surface area contributed by atoms with Crippen LogP contribution in [0.25, 0.3) is 16.9 Å². The Labute approximate surface area is 221 Å². The van der Waals surface area contributed by atoms with Gasteiger partial charge in [-0.3, -0.25) is 14.7 Å². The van der Waals surface area contributed by atoms with Crippen LogP contribution >= 0.6 is 15.9 Å². The number of nitro benzene ring substituents is 1. The van der Waals surface area contributed by atoms with Crippen LogP contribution in [0.3, 0.4) is 0 Å². The van der Waals surface area contributed by atoms with E-state index in [0.717, 1.165) is 16.5 Å². The van der Waals surface area contributed by atoms with Crippen molar-refractivity contribution < 1.29 is 9.66 Å².